The summed E-state index contributed by atoms with van der Waals surface area (Å²) in [7, 11) is 0. The Morgan fingerprint density at radius 3 is 2.72 bits per heavy atom. The number of hydrogen-bond acceptors (Lipinski definition) is 6. The van der Waals surface area contributed by atoms with Gasteiger partial charge in [-0.25, -0.2) is 0 Å². The van der Waals surface area contributed by atoms with Crippen molar-refractivity contribution in [3.8, 4) is 17.4 Å². The molecule has 0 aliphatic heterocycles. The molecule has 1 N–H and O–H groups in total. The van der Waals surface area contributed by atoms with Crippen LogP contribution in [0.3, 0.4) is 0 Å². The summed E-state index contributed by atoms with van der Waals surface area (Å²) in [5.74, 6) is 0.293. The van der Waals surface area contributed by atoms with E-state index < -0.39 is 5.91 Å². The smallest absolute Gasteiger partial charge is 0.268 e. The first-order valence-electron chi connectivity index (χ1n) is 8.80. The number of carbonyl (C=O) groups is 1. The van der Waals surface area contributed by atoms with Gasteiger partial charge >= 0.3 is 0 Å². The van der Waals surface area contributed by atoms with Crippen LogP contribution < -0.4 is 5.32 Å². The third-order valence-electron chi connectivity index (χ3n) is 3.86. The minimum Gasteiger partial charge on any atom is -0.457 e. The monoisotopic (exact) mass is 446 g/mol. The Balaban J connectivity index is 1.74. The van der Waals surface area contributed by atoms with Crippen molar-refractivity contribution in [2.45, 2.75) is 26.2 Å². The summed E-state index contributed by atoms with van der Waals surface area (Å²) >= 11 is 13.3. The van der Waals surface area contributed by atoms with Crippen molar-refractivity contribution in [3.63, 3.8) is 0 Å². The maximum absolute atomic E-state index is 12.4. The molecule has 2 aromatic heterocycles. The quantitative estimate of drug-likeness (QED) is 0.355. The fraction of sp³-hybridized carbons (Fsp3) is 0.200. The number of anilines is 1. The number of nitrogens with zero attached hydrogens (tertiary/aromatic N) is 3. The summed E-state index contributed by atoms with van der Waals surface area (Å²) in [6.45, 7) is 2.09. The number of carbonyl (C=O) groups excluding carboxylic acids is 1. The van der Waals surface area contributed by atoms with Gasteiger partial charge in [0.15, 0.2) is 0 Å². The lowest BCUT2D eigenvalue weighted by molar-refractivity contribution is -0.112. The first-order chi connectivity index (χ1) is 14.0. The molecule has 0 unspecified atom stereocenters. The molecule has 0 aliphatic rings. The van der Waals surface area contributed by atoms with Crippen molar-refractivity contribution in [1.29, 1.82) is 5.26 Å². The second kappa shape index (κ2) is 9.70. The van der Waals surface area contributed by atoms with E-state index in [4.69, 9.17) is 27.6 Å². The van der Waals surface area contributed by atoms with Crippen LogP contribution in [0.5, 0.6) is 0 Å². The van der Waals surface area contributed by atoms with Gasteiger partial charge in [-0.3, -0.25) is 10.1 Å². The van der Waals surface area contributed by atoms with Crippen LogP contribution in [0.1, 0.15) is 30.5 Å². The van der Waals surface area contributed by atoms with Gasteiger partial charge in [-0.05, 0) is 36.8 Å². The largest absolute Gasteiger partial charge is 0.457 e. The molecule has 3 rings (SSSR count). The maximum atomic E-state index is 12.4. The van der Waals surface area contributed by atoms with Gasteiger partial charge in [0.25, 0.3) is 5.91 Å². The molecule has 0 aliphatic carbocycles. The molecule has 0 atom stereocenters. The van der Waals surface area contributed by atoms with E-state index >= 15 is 0 Å². The molecule has 0 radical (unpaired) electrons. The number of aromatic nitrogens is 2. The Morgan fingerprint density at radius 2 is 2.03 bits per heavy atom. The number of aryl methyl sites for hydroxylation is 1. The summed E-state index contributed by atoms with van der Waals surface area (Å²) in [5.41, 5.74) is 0.582. The Bertz CT molecular complexity index is 1080. The van der Waals surface area contributed by atoms with Gasteiger partial charge in [-0.15, -0.1) is 10.2 Å². The Morgan fingerprint density at radius 1 is 1.28 bits per heavy atom. The SMILES string of the molecule is CCCCc1nnc(NC(=O)/C(C#N)=C\c2ccc(-c3cc(Cl)cc(Cl)c3)o2)s1. The molecule has 3 aromatic rings. The number of halogens is 2. The van der Waals surface area contributed by atoms with Crippen molar-refractivity contribution in [1.82, 2.24) is 10.2 Å². The molecular weight excluding hydrogens is 431 g/mol. The second-order valence-electron chi connectivity index (χ2n) is 6.09. The highest BCUT2D eigenvalue weighted by Gasteiger charge is 2.14. The van der Waals surface area contributed by atoms with Crippen LogP contribution >= 0.6 is 34.5 Å². The van der Waals surface area contributed by atoms with Crippen LogP contribution in [0.25, 0.3) is 17.4 Å². The summed E-state index contributed by atoms with van der Waals surface area (Å²) < 4.78 is 5.71. The second-order valence-corrected chi connectivity index (χ2v) is 8.02. The Hall–Kier alpha value is -2.66. The van der Waals surface area contributed by atoms with Crippen LogP contribution in [0.2, 0.25) is 10.0 Å². The molecule has 0 saturated heterocycles. The Labute approximate surface area is 181 Å². The van der Waals surface area contributed by atoms with Gasteiger partial charge in [-0.2, -0.15) is 5.26 Å². The molecule has 0 bridgehead atoms. The topological polar surface area (TPSA) is 91.8 Å². The third-order valence-corrected chi connectivity index (χ3v) is 5.19. The van der Waals surface area contributed by atoms with Crippen LogP contribution in [0.4, 0.5) is 5.13 Å². The number of nitrogens with one attached hydrogen (secondary N) is 1. The number of hydrogen-bond donors (Lipinski definition) is 1. The zero-order chi connectivity index (χ0) is 20.8. The van der Waals surface area contributed by atoms with Crippen LogP contribution in [-0.2, 0) is 11.2 Å². The Kier molecular flexibility index (Phi) is 7.04. The maximum Gasteiger partial charge on any atom is 0.268 e. The summed E-state index contributed by atoms with van der Waals surface area (Å²) in [6, 6.07) is 10.3. The van der Waals surface area contributed by atoms with Gasteiger partial charge in [0.1, 0.15) is 28.2 Å². The third kappa shape index (κ3) is 5.67. The fourth-order valence-corrected chi connectivity index (χ4v) is 3.77. The van der Waals surface area contributed by atoms with Crippen molar-refractivity contribution in [2.75, 3.05) is 5.32 Å². The minimum atomic E-state index is -0.575. The molecule has 148 valence electrons. The predicted octanol–water partition coefficient (Wildman–Crippen LogP) is 5.99. The predicted molar refractivity (Wildman–Crippen MR) is 115 cm³/mol. The highest BCUT2D eigenvalue weighted by Crippen LogP contribution is 2.29. The number of furan rings is 1. The van der Waals surface area contributed by atoms with Crippen molar-refractivity contribution in [2.24, 2.45) is 0 Å². The van der Waals surface area contributed by atoms with Crippen molar-refractivity contribution in [3.05, 3.63) is 56.7 Å². The van der Waals surface area contributed by atoms with Gasteiger partial charge in [0, 0.05) is 28.1 Å². The van der Waals surface area contributed by atoms with E-state index in [-0.39, 0.29) is 5.57 Å². The van der Waals surface area contributed by atoms with E-state index in [2.05, 4.69) is 22.4 Å². The lowest BCUT2D eigenvalue weighted by atomic mass is 10.2. The zero-order valence-electron chi connectivity index (χ0n) is 15.4. The first kappa shape index (κ1) is 21.1. The lowest BCUT2D eigenvalue weighted by Gasteiger charge is -2.00. The molecule has 0 fully saturated rings. The number of rotatable bonds is 7. The first-order valence-corrected chi connectivity index (χ1v) is 10.4. The molecule has 0 spiro atoms. The fourth-order valence-electron chi connectivity index (χ4n) is 2.47. The summed E-state index contributed by atoms with van der Waals surface area (Å²) in [4.78, 5) is 12.4. The lowest BCUT2D eigenvalue weighted by Crippen LogP contribution is -2.13. The molecule has 9 heteroatoms. The molecule has 0 saturated carbocycles. The normalized spacial score (nSPS) is 11.3. The highest BCUT2D eigenvalue weighted by molar-refractivity contribution is 7.15. The van der Waals surface area contributed by atoms with Gasteiger partial charge in [0.2, 0.25) is 5.13 Å². The van der Waals surface area contributed by atoms with Crippen LogP contribution in [0.15, 0.2) is 40.3 Å². The van der Waals surface area contributed by atoms with Crippen molar-refractivity contribution < 1.29 is 9.21 Å². The average molecular weight is 447 g/mol. The van der Waals surface area contributed by atoms with E-state index in [1.807, 2.05) is 6.07 Å². The number of nitriles is 1. The molecular formula is C20H16Cl2N4O2S. The van der Waals surface area contributed by atoms with E-state index in [1.165, 1.54) is 17.4 Å². The number of benzene rings is 1. The van der Waals surface area contributed by atoms with Crippen molar-refractivity contribution >= 4 is 51.7 Å². The highest BCUT2D eigenvalue weighted by atomic mass is 35.5. The van der Waals surface area contributed by atoms with Crippen LogP contribution in [0, 0.1) is 11.3 Å². The molecule has 6 nitrogen and oxygen atoms in total. The van der Waals surface area contributed by atoms with Gasteiger partial charge < -0.3 is 4.42 Å². The van der Waals surface area contributed by atoms with Gasteiger partial charge in [0.05, 0.1) is 0 Å². The molecule has 1 amide bonds. The van der Waals surface area contributed by atoms with E-state index in [9.17, 15) is 10.1 Å². The van der Waals surface area contributed by atoms with E-state index in [0.29, 0.717) is 32.3 Å². The molecule has 29 heavy (non-hydrogen) atoms. The van der Waals surface area contributed by atoms with Crippen LogP contribution in [-0.4, -0.2) is 16.1 Å². The summed E-state index contributed by atoms with van der Waals surface area (Å²) in [5, 5.41) is 22.1. The standard InChI is InChI=1S/C20H16Cl2N4O2S/c1-2-3-4-18-25-26-20(29-18)24-19(27)13(11-23)9-16-5-6-17(28-16)12-7-14(21)10-15(22)8-12/h5-10H,2-4H2,1H3,(H,24,26,27)/b13-9-. The van der Waals surface area contributed by atoms with E-state index in [1.54, 1.807) is 30.3 Å². The molecule has 1 aromatic carbocycles. The van der Waals surface area contributed by atoms with E-state index in [0.717, 1.165) is 24.3 Å². The van der Waals surface area contributed by atoms with Gasteiger partial charge in [-0.1, -0.05) is 47.9 Å². The molecule has 2 heterocycles. The summed E-state index contributed by atoms with van der Waals surface area (Å²) in [6.07, 6.45) is 4.23. The number of unbranched alkanes of at least 4 members (excludes halogenated alkanes) is 1. The minimum absolute atomic E-state index is 0.111. The zero-order valence-corrected chi connectivity index (χ0v) is 17.7. The number of amides is 1. The average Bonchev–Trinajstić information content (AvgIpc) is 3.33.